The van der Waals surface area contributed by atoms with Crippen molar-refractivity contribution in [3.8, 4) is 0 Å². The van der Waals surface area contributed by atoms with Crippen LogP contribution >= 0.6 is 22.9 Å². The summed E-state index contributed by atoms with van der Waals surface area (Å²) in [4.78, 5) is 23.4. The summed E-state index contributed by atoms with van der Waals surface area (Å²) in [5.74, 6) is 0.0186. The Morgan fingerprint density at radius 2 is 1.88 bits per heavy atom. The van der Waals surface area contributed by atoms with E-state index in [1.54, 1.807) is 16.2 Å². The maximum Gasteiger partial charge on any atom is 0.273 e. The number of hydrogen-bond acceptors (Lipinski definition) is 5. The van der Waals surface area contributed by atoms with Gasteiger partial charge in [-0.1, -0.05) is 17.7 Å². The number of rotatable bonds is 5. The van der Waals surface area contributed by atoms with Gasteiger partial charge in [-0.3, -0.25) is 4.79 Å². The summed E-state index contributed by atoms with van der Waals surface area (Å²) in [6.45, 7) is 9.00. The van der Waals surface area contributed by atoms with Crippen molar-refractivity contribution in [2.24, 2.45) is 0 Å². The van der Waals surface area contributed by atoms with Crippen LogP contribution in [0.25, 0.3) is 0 Å². The van der Waals surface area contributed by atoms with Crippen LogP contribution in [-0.4, -0.2) is 55.1 Å². The van der Waals surface area contributed by atoms with E-state index in [1.165, 1.54) is 0 Å². The molecule has 0 aliphatic carbocycles. The van der Waals surface area contributed by atoms with Gasteiger partial charge in [-0.25, -0.2) is 4.98 Å². The number of aromatic nitrogens is 1. The Labute approximate surface area is 157 Å². The number of hydrogen-bond donors (Lipinski definition) is 0. The van der Waals surface area contributed by atoms with Crippen LogP contribution in [0.1, 0.15) is 24.3 Å². The minimum absolute atomic E-state index is 0.0186. The third-order valence-electron chi connectivity index (χ3n) is 4.49. The van der Waals surface area contributed by atoms with Crippen molar-refractivity contribution in [2.45, 2.75) is 13.8 Å². The van der Waals surface area contributed by atoms with E-state index >= 15 is 0 Å². The zero-order chi connectivity index (χ0) is 17.8. The van der Waals surface area contributed by atoms with Gasteiger partial charge in [0.2, 0.25) is 0 Å². The molecular formula is C18H23ClN4OS. The second-order valence-electron chi connectivity index (χ2n) is 5.95. The molecule has 0 atom stereocenters. The summed E-state index contributed by atoms with van der Waals surface area (Å²) in [6, 6.07) is 7.97. The van der Waals surface area contributed by atoms with Crippen molar-refractivity contribution in [3.05, 3.63) is 40.4 Å². The molecule has 1 amide bonds. The van der Waals surface area contributed by atoms with E-state index in [0.717, 1.165) is 42.0 Å². The molecule has 3 rings (SSSR count). The van der Waals surface area contributed by atoms with Gasteiger partial charge in [0.15, 0.2) is 5.13 Å². The van der Waals surface area contributed by atoms with Crippen molar-refractivity contribution in [3.63, 3.8) is 0 Å². The molecule has 0 unspecified atom stereocenters. The van der Waals surface area contributed by atoms with Gasteiger partial charge in [0.05, 0.1) is 0 Å². The van der Waals surface area contributed by atoms with Gasteiger partial charge in [0.1, 0.15) is 5.69 Å². The van der Waals surface area contributed by atoms with Crippen LogP contribution in [0.4, 0.5) is 10.8 Å². The molecular weight excluding hydrogens is 356 g/mol. The van der Waals surface area contributed by atoms with Gasteiger partial charge in [0, 0.05) is 55.4 Å². The highest BCUT2D eigenvalue weighted by Crippen LogP contribution is 2.25. The molecule has 1 aliphatic rings. The number of anilines is 2. The SMILES string of the molecule is CCN(CC)C(=O)c1csc(N2CCN(c3cccc(Cl)c3)CC2)n1. The molecule has 0 radical (unpaired) electrons. The fraction of sp³-hybridized carbons (Fsp3) is 0.444. The minimum Gasteiger partial charge on any atom is -0.368 e. The number of nitrogens with zero attached hydrogens (tertiary/aromatic N) is 4. The Bertz CT molecular complexity index is 723. The summed E-state index contributed by atoms with van der Waals surface area (Å²) in [5.41, 5.74) is 1.71. The van der Waals surface area contributed by atoms with Gasteiger partial charge in [-0.05, 0) is 32.0 Å². The molecule has 25 heavy (non-hydrogen) atoms. The topological polar surface area (TPSA) is 39.7 Å². The first-order chi connectivity index (χ1) is 12.1. The minimum atomic E-state index is 0.0186. The predicted octanol–water partition coefficient (Wildman–Crippen LogP) is 3.61. The number of benzene rings is 1. The Morgan fingerprint density at radius 3 is 2.52 bits per heavy atom. The molecule has 1 fully saturated rings. The summed E-state index contributed by atoms with van der Waals surface area (Å²) in [7, 11) is 0. The Morgan fingerprint density at radius 1 is 1.20 bits per heavy atom. The van der Waals surface area contributed by atoms with Gasteiger partial charge in [-0.15, -0.1) is 11.3 Å². The fourth-order valence-corrected chi connectivity index (χ4v) is 4.05. The quantitative estimate of drug-likeness (QED) is 0.796. The lowest BCUT2D eigenvalue weighted by Gasteiger charge is -2.36. The lowest BCUT2D eigenvalue weighted by molar-refractivity contribution is 0.0768. The van der Waals surface area contributed by atoms with Crippen molar-refractivity contribution in [2.75, 3.05) is 49.1 Å². The smallest absolute Gasteiger partial charge is 0.273 e. The van der Waals surface area contributed by atoms with Crippen molar-refractivity contribution >= 4 is 39.7 Å². The molecule has 0 bridgehead atoms. The average molecular weight is 379 g/mol. The largest absolute Gasteiger partial charge is 0.368 e. The van der Waals surface area contributed by atoms with Crippen molar-refractivity contribution in [1.29, 1.82) is 0 Å². The van der Waals surface area contributed by atoms with Crippen LogP contribution < -0.4 is 9.80 Å². The van der Waals surface area contributed by atoms with Crippen LogP contribution in [0, 0.1) is 0 Å². The number of thiazole rings is 1. The van der Waals surface area contributed by atoms with Crippen molar-refractivity contribution in [1.82, 2.24) is 9.88 Å². The third kappa shape index (κ3) is 4.07. The molecule has 1 saturated heterocycles. The number of halogens is 1. The van der Waals surface area contributed by atoms with Crippen molar-refractivity contribution < 1.29 is 4.79 Å². The Hall–Kier alpha value is -1.79. The first-order valence-corrected chi connectivity index (χ1v) is 9.88. The van der Waals surface area contributed by atoms with Crippen LogP contribution in [0.3, 0.4) is 0 Å². The van der Waals surface area contributed by atoms with Gasteiger partial charge in [-0.2, -0.15) is 0 Å². The highest BCUT2D eigenvalue weighted by Gasteiger charge is 2.22. The first kappa shape index (κ1) is 18.0. The lowest BCUT2D eigenvalue weighted by atomic mass is 10.2. The average Bonchev–Trinajstić information content (AvgIpc) is 3.13. The Balaban J connectivity index is 1.63. The molecule has 5 nitrogen and oxygen atoms in total. The number of piperazine rings is 1. The molecule has 0 N–H and O–H groups in total. The molecule has 1 aliphatic heterocycles. The van der Waals surface area contributed by atoms with E-state index in [2.05, 4.69) is 20.9 Å². The molecule has 1 aromatic heterocycles. The van der Waals surface area contributed by atoms with Crippen LogP contribution in [0.5, 0.6) is 0 Å². The van der Waals surface area contributed by atoms with E-state index in [0.29, 0.717) is 18.8 Å². The molecule has 0 spiro atoms. The second kappa shape index (κ2) is 8.06. The highest BCUT2D eigenvalue weighted by atomic mass is 35.5. The standard InChI is InChI=1S/C18H23ClN4OS/c1-3-21(4-2)17(24)16-13-25-18(20-16)23-10-8-22(9-11-23)15-7-5-6-14(19)12-15/h5-7,12-13H,3-4,8-11H2,1-2H3. The summed E-state index contributed by atoms with van der Waals surface area (Å²) < 4.78 is 0. The monoisotopic (exact) mass is 378 g/mol. The van der Waals surface area contributed by atoms with Gasteiger partial charge >= 0.3 is 0 Å². The number of carbonyl (C=O) groups is 1. The molecule has 2 heterocycles. The predicted molar refractivity (Wildman–Crippen MR) is 105 cm³/mol. The fourth-order valence-electron chi connectivity index (χ4n) is 3.01. The maximum absolute atomic E-state index is 12.4. The van der Waals surface area contributed by atoms with E-state index < -0.39 is 0 Å². The molecule has 134 valence electrons. The number of amides is 1. The molecule has 7 heteroatoms. The van der Waals surface area contributed by atoms with E-state index in [4.69, 9.17) is 11.6 Å². The zero-order valence-electron chi connectivity index (χ0n) is 14.6. The zero-order valence-corrected chi connectivity index (χ0v) is 16.2. The molecule has 2 aromatic rings. The summed E-state index contributed by atoms with van der Waals surface area (Å²) in [6.07, 6.45) is 0. The van der Waals surface area contributed by atoms with Gasteiger partial charge in [0.25, 0.3) is 5.91 Å². The van der Waals surface area contributed by atoms with Crippen LogP contribution in [0.2, 0.25) is 5.02 Å². The van der Waals surface area contributed by atoms with E-state index in [1.807, 2.05) is 37.4 Å². The van der Waals surface area contributed by atoms with Gasteiger partial charge < -0.3 is 14.7 Å². The van der Waals surface area contributed by atoms with Crippen LogP contribution in [-0.2, 0) is 0 Å². The highest BCUT2D eigenvalue weighted by molar-refractivity contribution is 7.13. The summed E-state index contributed by atoms with van der Waals surface area (Å²) >= 11 is 7.64. The third-order valence-corrected chi connectivity index (χ3v) is 5.62. The molecule has 1 aromatic carbocycles. The number of carbonyl (C=O) groups excluding carboxylic acids is 1. The Kier molecular flexibility index (Phi) is 5.81. The normalized spacial score (nSPS) is 14.7. The first-order valence-electron chi connectivity index (χ1n) is 8.62. The van der Waals surface area contributed by atoms with Crippen LogP contribution in [0.15, 0.2) is 29.6 Å². The van der Waals surface area contributed by atoms with E-state index in [9.17, 15) is 4.79 Å². The lowest BCUT2D eigenvalue weighted by Crippen LogP contribution is -2.46. The maximum atomic E-state index is 12.4. The van der Waals surface area contributed by atoms with E-state index in [-0.39, 0.29) is 5.91 Å². The second-order valence-corrected chi connectivity index (χ2v) is 7.22. The summed E-state index contributed by atoms with van der Waals surface area (Å²) in [5, 5.41) is 3.57. The molecule has 0 saturated carbocycles.